The maximum Gasteiger partial charge on any atom is 0.407 e. The Balaban J connectivity index is 2.53. The van der Waals surface area contributed by atoms with Gasteiger partial charge in [-0.05, 0) is 33.6 Å². The van der Waals surface area contributed by atoms with Crippen molar-refractivity contribution in [3.05, 3.63) is 16.6 Å². The minimum atomic E-state index is -0.478. The van der Waals surface area contributed by atoms with Crippen molar-refractivity contribution in [3.8, 4) is 0 Å². The van der Waals surface area contributed by atoms with E-state index >= 15 is 0 Å². The Labute approximate surface area is 131 Å². The minimum absolute atomic E-state index is 0.207. The van der Waals surface area contributed by atoms with E-state index in [0.29, 0.717) is 12.5 Å². The van der Waals surface area contributed by atoms with E-state index in [2.05, 4.69) is 36.4 Å². The summed E-state index contributed by atoms with van der Waals surface area (Å²) in [5.74, 6) is 0.361. The molecule has 2 N–H and O–H groups in total. The number of aromatic nitrogens is 1. The van der Waals surface area contributed by atoms with Crippen molar-refractivity contribution < 1.29 is 9.53 Å². The van der Waals surface area contributed by atoms with Gasteiger partial charge < -0.3 is 15.4 Å². The normalized spacial score (nSPS) is 14.8. The number of nitrogens with one attached hydrogen (secondary N) is 2. The van der Waals surface area contributed by atoms with Crippen molar-refractivity contribution >= 4 is 17.4 Å². The molecule has 1 atom stereocenters. The lowest BCUT2D eigenvalue weighted by atomic mass is 9.88. The van der Waals surface area contributed by atoms with E-state index in [-0.39, 0.29) is 11.6 Å². The Bertz CT molecular complexity index is 440. The first kappa shape index (κ1) is 17.9. The number of alkyl carbamates (subject to hydrolysis) is 1. The van der Waals surface area contributed by atoms with Gasteiger partial charge in [0.1, 0.15) is 5.60 Å². The number of hydrogen-bond donors (Lipinski definition) is 2. The molecule has 1 aromatic heterocycles. The summed E-state index contributed by atoms with van der Waals surface area (Å²) in [6.45, 7) is 13.2. The first-order valence-corrected chi connectivity index (χ1v) is 8.09. The predicted molar refractivity (Wildman–Crippen MR) is 86.4 cm³/mol. The van der Waals surface area contributed by atoms with Gasteiger partial charge in [0.2, 0.25) is 0 Å². The van der Waals surface area contributed by atoms with Crippen molar-refractivity contribution in [1.82, 2.24) is 15.6 Å². The molecule has 0 aliphatic rings. The predicted octanol–water partition coefficient (Wildman–Crippen LogP) is 3.17. The van der Waals surface area contributed by atoms with Crippen LogP contribution in [0.4, 0.5) is 4.79 Å². The largest absolute Gasteiger partial charge is 0.444 e. The van der Waals surface area contributed by atoms with Gasteiger partial charge in [-0.15, -0.1) is 11.3 Å². The molecule has 0 saturated carbocycles. The average molecular weight is 313 g/mol. The van der Waals surface area contributed by atoms with Crippen molar-refractivity contribution in [2.24, 2.45) is 5.92 Å². The van der Waals surface area contributed by atoms with E-state index in [4.69, 9.17) is 4.74 Å². The Morgan fingerprint density at radius 1 is 1.38 bits per heavy atom. The second-order valence-corrected chi connectivity index (χ2v) is 7.72. The lowest BCUT2D eigenvalue weighted by Gasteiger charge is -2.35. The number of carbonyl (C=O) groups is 1. The van der Waals surface area contributed by atoms with Crippen molar-refractivity contribution in [3.63, 3.8) is 0 Å². The lowest BCUT2D eigenvalue weighted by molar-refractivity contribution is 0.0503. The number of hydrogen-bond acceptors (Lipinski definition) is 5. The molecule has 1 heterocycles. The van der Waals surface area contributed by atoms with Crippen LogP contribution >= 0.6 is 11.3 Å². The quantitative estimate of drug-likeness (QED) is 0.847. The van der Waals surface area contributed by atoms with E-state index in [0.717, 1.165) is 6.54 Å². The van der Waals surface area contributed by atoms with Gasteiger partial charge in [-0.25, -0.2) is 4.79 Å². The molecule has 1 unspecified atom stereocenters. The Morgan fingerprint density at radius 2 is 2.05 bits per heavy atom. The van der Waals surface area contributed by atoms with Crippen LogP contribution in [0.15, 0.2) is 11.7 Å². The molecule has 0 fully saturated rings. The summed E-state index contributed by atoms with van der Waals surface area (Å²) in [6, 6.07) is 0. The SMILES string of the molecule is CC(C)C(C)(CNC(=O)OC(C)(C)C)NCc1cncs1. The van der Waals surface area contributed by atoms with E-state index in [1.54, 1.807) is 11.3 Å². The van der Waals surface area contributed by atoms with Gasteiger partial charge in [-0.2, -0.15) is 0 Å². The third kappa shape index (κ3) is 6.44. The summed E-state index contributed by atoms with van der Waals surface area (Å²) in [7, 11) is 0. The van der Waals surface area contributed by atoms with Gasteiger partial charge in [0.25, 0.3) is 0 Å². The molecule has 0 bridgehead atoms. The Kier molecular flexibility index (Phi) is 6.16. The monoisotopic (exact) mass is 313 g/mol. The second kappa shape index (κ2) is 7.22. The molecule has 0 saturated heterocycles. The summed E-state index contributed by atoms with van der Waals surface area (Å²) in [5, 5.41) is 6.37. The summed E-state index contributed by atoms with van der Waals surface area (Å²) < 4.78 is 5.28. The Morgan fingerprint density at radius 3 is 2.52 bits per heavy atom. The van der Waals surface area contributed by atoms with E-state index in [1.807, 2.05) is 32.5 Å². The fourth-order valence-corrected chi connectivity index (χ4v) is 2.19. The van der Waals surface area contributed by atoms with Crippen molar-refractivity contribution in [2.75, 3.05) is 6.54 Å². The number of carbonyl (C=O) groups excluding carboxylic acids is 1. The first-order valence-electron chi connectivity index (χ1n) is 7.21. The summed E-state index contributed by atoms with van der Waals surface area (Å²) in [5.41, 5.74) is 1.14. The van der Waals surface area contributed by atoms with Gasteiger partial charge >= 0.3 is 6.09 Å². The molecular formula is C15H27N3O2S. The standard InChI is InChI=1S/C15H27N3O2S/c1-11(2)15(6,18-8-12-7-16-10-21-12)9-17-13(19)20-14(3,4)5/h7,10-11,18H,8-9H2,1-6H3,(H,17,19). The molecule has 0 spiro atoms. The highest BCUT2D eigenvalue weighted by atomic mass is 32.1. The van der Waals surface area contributed by atoms with Gasteiger partial charge in [-0.1, -0.05) is 13.8 Å². The van der Waals surface area contributed by atoms with Crippen LogP contribution in [-0.4, -0.2) is 28.8 Å². The van der Waals surface area contributed by atoms with Crippen LogP contribution in [0.25, 0.3) is 0 Å². The summed E-state index contributed by atoms with van der Waals surface area (Å²) >= 11 is 1.62. The van der Waals surface area contributed by atoms with Crippen LogP contribution in [-0.2, 0) is 11.3 Å². The molecule has 0 aromatic carbocycles. The molecule has 0 aliphatic carbocycles. The van der Waals surface area contributed by atoms with Crippen LogP contribution in [0, 0.1) is 5.92 Å². The van der Waals surface area contributed by atoms with Crippen LogP contribution in [0.2, 0.25) is 0 Å². The van der Waals surface area contributed by atoms with E-state index < -0.39 is 5.60 Å². The Hall–Kier alpha value is -1.14. The summed E-state index contributed by atoms with van der Waals surface area (Å²) in [6.07, 6.45) is 1.48. The van der Waals surface area contributed by atoms with E-state index in [9.17, 15) is 4.79 Å². The van der Waals surface area contributed by atoms with Crippen LogP contribution in [0.1, 0.15) is 46.4 Å². The maximum atomic E-state index is 11.8. The molecule has 1 aromatic rings. The van der Waals surface area contributed by atoms with Gasteiger partial charge in [0.05, 0.1) is 5.51 Å². The number of rotatable bonds is 6. The molecular weight excluding hydrogens is 286 g/mol. The van der Waals surface area contributed by atoms with E-state index in [1.165, 1.54) is 4.88 Å². The number of amides is 1. The second-order valence-electron chi connectivity index (χ2n) is 6.75. The number of ether oxygens (including phenoxy) is 1. The van der Waals surface area contributed by atoms with Crippen LogP contribution < -0.4 is 10.6 Å². The summed E-state index contributed by atoms with van der Waals surface area (Å²) in [4.78, 5) is 17.0. The van der Waals surface area contributed by atoms with Gasteiger partial charge in [-0.3, -0.25) is 4.98 Å². The molecule has 21 heavy (non-hydrogen) atoms. The molecule has 0 aliphatic heterocycles. The highest BCUT2D eigenvalue weighted by Crippen LogP contribution is 2.18. The lowest BCUT2D eigenvalue weighted by Crippen LogP contribution is -2.54. The molecule has 6 heteroatoms. The van der Waals surface area contributed by atoms with Crippen molar-refractivity contribution in [1.29, 1.82) is 0 Å². The zero-order valence-corrected chi connectivity index (χ0v) is 14.6. The van der Waals surface area contributed by atoms with Gasteiger partial charge in [0.15, 0.2) is 0 Å². The highest BCUT2D eigenvalue weighted by Gasteiger charge is 2.29. The first-order chi connectivity index (χ1) is 9.62. The minimum Gasteiger partial charge on any atom is -0.444 e. The highest BCUT2D eigenvalue weighted by molar-refractivity contribution is 7.09. The van der Waals surface area contributed by atoms with Crippen LogP contribution in [0.3, 0.4) is 0 Å². The molecule has 1 amide bonds. The third-order valence-corrected chi connectivity index (χ3v) is 4.20. The van der Waals surface area contributed by atoms with Gasteiger partial charge in [0, 0.05) is 29.7 Å². The fraction of sp³-hybridized carbons (Fsp3) is 0.733. The molecule has 120 valence electrons. The van der Waals surface area contributed by atoms with Crippen molar-refractivity contribution in [2.45, 2.75) is 59.2 Å². The zero-order valence-electron chi connectivity index (χ0n) is 13.8. The molecule has 5 nitrogen and oxygen atoms in total. The van der Waals surface area contributed by atoms with Crippen LogP contribution in [0.5, 0.6) is 0 Å². The molecule has 1 rings (SSSR count). The number of nitrogens with zero attached hydrogens (tertiary/aromatic N) is 1. The third-order valence-electron chi connectivity index (χ3n) is 3.42. The fourth-order valence-electron chi connectivity index (χ4n) is 1.66. The number of thiazole rings is 1. The topological polar surface area (TPSA) is 63.2 Å². The smallest absolute Gasteiger partial charge is 0.407 e. The zero-order chi connectivity index (χ0) is 16.1. The average Bonchev–Trinajstić information content (AvgIpc) is 2.84. The maximum absolute atomic E-state index is 11.8. The molecule has 0 radical (unpaired) electrons.